The Bertz CT molecular complexity index is 465. The molecule has 0 saturated carbocycles. The average Bonchev–Trinajstić information content (AvgIpc) is 2.38. The summed E-state index contributed by atoms with van der Waals surface area (Å²) < 4.78 is 0. The maximum atomic E-state index is 11.7. The lowest BCUT2D eigenvalue weighted by atomic mass is 10.2. The number of anilines is 1. The summed E-state index contributed by atoms with van der Waals surface area (Å²) in [7, 11) is 1.82. The van der Waals surface area contributed by atoms with Gasteiger partial charge in [0, 0.05) is 25.3 Å². The van der Waals surface area contributed by atoms with E-state index >= 15 is 0 Å². The summed E-state index contributed by atoms with van der Waals surface area (Å²) in [6, 6.07) is 5.47. The van der Waals surface area contributed by atoms with Gasteiger partial charge in [-0.3, -0.25) is 0 Å². The first-order valence-corrected chi connectivity index (χ1v) is 6.21. The number of benzene rings is 1. The Morgan fingerprint density at radius 1 is 1.35 bits per heavy atom. The van der Waals surface area contributed by atoms with Gasteiger partial charge in [-0.25, -0.2) is 9.59 Å². The van der Waals surface area contributed by atoms with Gasteiger partial charge in [-0.05, 0) is 24.7 Å². The van der Waals surface area contributed by atoms with Gasteiger partial charge in [-0.15, -0.1) is 0 Å². The van der Waals surface area contributed by atoms with Gasteiger partial charge in [-0.2, -0.15) is 0 Å². The number of aliphatic hydroxyl groups is 1. The number of nitrogens with one attached hydrogen (secondary N) is 3. The SMILES string of the molecule is CNCc1cccc(NC(=O)N[C@@H](CCO)C(=O)O)c1. The van der Waals surface area contributed by atoms with Crippen LogP contribution < -0.4 is 16.0 Å². The van der Waals surface area contributed by atoms with Crippen LogP contribution in [0.15, 0.2) is 24.3 Å². The Balaban J connectivity index is 2.61. The first-order valence-electron chi connectivity index (χ1n) is 6.21. The predicted molar refractivity (Wildman–Crippen MR) is 74.5 cm³/mol. The maximum Gasteiger partial charge on any atom is 0.326 e. The Morgan fingerprint density at radius 3 is 2.70 bits per heavy atom. The third kappa shape index (κ3) is 5.25. The molecule has 5 N–H and O–H groups in total. The van der Waals surface area contributed by atoms with Gasteiger partial charge in [-0.1, -0.05) is 12.1 Å². The van der Waals surface area contributed by atoms with Gasteiger partial charge in [0.05, 0.1) is 0 Å². The second-order valence-electron chi connectivity index (χ2n) is 4.23. The number of carbonyl (C=O) groups excluding carboxylic acids is 1. The molecule has 1 atom stereocenters. The Kier molecular flexibility index (Phi) is 6.48. The Labute approximate surface area is 117 Å². The van der Waals surface area contributed by atoms with Crippen molar-refractivity contribution >= 4 is 17.7 Å². The predicted octanol–water partition coefficient (Wildman–Crippen LogP) is 0.363. The van der Waals surface area contributed by atoms with E-state index in [-0.39, 0.29) is 13.0 Å². The minimum absolute atomic E-state index is 0.0391. The zero-order valence-corrected chi connectivity index (χ0v) is 11.2. The normalized spacial score (nSPS) is 11.7. The number of aliphatic hydroxyl groups excluding tert-OH is 1. The van der Waals surface area contributed by atoms with Gasteiger partial charge in [0.25, 0.3) is 0 Å². The Hall–Kier alpha value is -2.12. The van der Waals surface area contributed by atoms with Crippen LogP contribution in [0.5, 0.6) is 0 Å². The maximum absolute atomic E-state index is 11.7. The standard InChI is InChI=1S/C13H19N3O4/c1-14-8-9-3-2-4-10(7-9)15-13(20)16-11(5-6-17)12(18)19/h2-4,7,11,14,17H,5-6,8H2,1H3,(H,18,19)(H2,15,16,20)/t11-/m0/s1. The molecule has 0 aliphatic heterocycles. The van der Waals surface area contributed by atoms with Crippen molar-refractivity contribution in [1.29, 1.82) is 0 Å². The lowest BCUT2D eigenvalue weighted by Crippen LogP contribution is -2.43. The third-order valence-corrected chi connectivity index (χ3v) is 2.59. The summed E-state index contributed by atoms with van der Waals surface area (Å²) in [5.74, 6) is -1.18. The van der Waals surface area contributed by atoms with E-state index in [4.69, 9.17) is 10.2 Å². The molecule has 0 aromatic heterocycles. The smallest absolute Gasteiger partial charge is 0.326 e. The molecule has 7 heteroatoms. The fourth-order valence-electron chi connectivity index (χ4n) is 1.68. The summed E-state index contributed by atoms with van der Waals surface area (Å²) in [5, 5.41) is 25.5. The minimum atomic E-state index is -1.18. The van der Waals surface area contributed by atoms with Crippen molar-refractivity contribution in [2.75, 3.05) is 19.0 Å². The van der Waals surface area contributed by atoms with Crippen LogP contribution in [0.2, 0.25) is 0 Å². The second kappa shape index (κ2) is 8.13. The van der Waals surface area contributed by atoms with Crippen LogP contribution in [0.4, 0.5) is 10.5 Å². The van der Waals surface area contributed by atoms with Crippen molar-refractivity contribution < 1.29 is 19.8 Å². The largest absolute Gasteiger partial charge is 0.480 e. The van der Waals surface area contributed by atoms with Crippen LogP contribution in [0.1, 0.15) is 12.0 Å². The van der Waals surface area contributed by atoms with Crippen LogP contribution in [-0.2, 0) is 11.3 Å². The number of amides is 2. The number of carbonyl (C=O) groups is 2. The number of aliphatic carboxylic acids is 1. The van der Waals surface area contributed by atoms with Crippen LogP contribution in [-0.4, -0.2) is 41.9 Å². The van der Waals surface area contributed by atoms with E-state index in [1.54, 1.807) is 18.2 Å². The van der Waals surface area contributed by atoms with Crippen molar-refractivity contribution in [2.45, 2.75) is 19.0 Å². The van der Waals surface area contributed by atoms with Gasteiger partial charge < -0.3 is 26.2 Å². The number of hydrogen-bond acceptors (Lipinski definition) is 4. The molecule has 110 valence electrons. The highest BCUT2D eigenvalue weighted by Gasteiger charge is 2.19. The molecular weight excluding hydrogens is 262 g/mol. The van der Waals surface area contributed by atoms with Gasteiger partial charge in [0.2, 0.25) is 0 Å². The number of rotatable bonds is 7. The number of carboxylic acid groups (broad SMARTS) is 1. The molecule has 0 aliphatic rings. The molecule has 20 heavy (non-hydrogen) atoms. The van der Waals surface area contributed by atoms with Gasteiger partial charge >= 0.3 is 12.0 Å². The fraction of sp³-hybridized carbons (Fsp3) is 0.385. The summed E-state index contributed by atoms with van der Waals surface area (Å²) in [5.41, 5.74) is 1.57. The minimum Gasteiger partial charge on any atom is -0.480 e. The van der Waals surface area contributed by atoms with Gasteiger partial charge in [0.15, 0.2) is 0 Å². The zero-order valence-electron chi connectivity index (χ0n) is 11.2. The zero-order chi connectivity index (χ0) is 15.0. The molecule has 0 aliphatic carbocycles. The van der Waals surface area contributed by atoms with Gasteiger partial charge in [0.1, 0.15) is 6.04 Å². The molecule has 7 nitrogen and oxygen atoms in total. The molecule has 0 unspecified atom stereocenters. The van der Waals surface area contributed by atoms with E-state index < -0.39 is 18.0 Å². The summed E-state index contributed by atoms with van der Waals surface area (Å²) >= 11 is 0. The molecule has 0 heterocycles. The van der Waals surface area contributed by atoms with Crippen molar-refractivity contribution in [1.82, 2.24) is 10.6 Å². The Morgan fingerprint density at radius 2 is 2.10 bits per heavy atom. The van der Waals surface area contributed by atoms with E-state index in [2.05, 4.69) is 16.0 Å². The van der Waals surface area contributed by atoms with Crippen molar-refractivity contribution in [3.8, 4) is 0 Å². The van der Waals surface area contributed by atoms with E-state index in [0.717, 1.165) is 5.56 Å². The van der Waals surface area contributed by atoms with E-state index in [1.165, 1.54) is 0 Å². The molecule has 1 rings (SSSR count). The first kappa shape index (κ1) is 15.9. The highest BCUT2D eigenvalue weighted by molar-refractivity contribution is 5.92. The monoisotopic (exact) mass is 281 g/mol. The number of carboxylic acids is 1. The highest BCUT2D eigenvalue weighted by Crippen LogP contribution is 2.10. The molecule has 0 saturated heterocycles. The molecule has 1 aromatic rings. The lowest BCUT2D eigenvalue weighted by molar-refractivity contribution is -0.139. The van der Waals surface area contributed by atoms with E-state index in [0.29, 0.717) is 12.2 Å². The molecule has 1 aromatic carbocycles. The van der Waals surface area contributed by atoms with Crippen molar-refractivity contribution in [2.24, 2.45) is 0 Å². The second-order valence-corrected chi connectivity index (χ2v) is 4.23. The fourth-order valence-corrected chi connectivity index (χ4v) is 1.68. The molecule has 0 fully saturated rings. The van der Waals surface area contributed by atoms with E-state index in [9.17, 15) is 9.59 Å². The average molecular weight is 281 g/mol. The summed E-state index contributed by atoms with van der Waals surface area (Å²) in [4.78, 5) is 22.5. The van der Waals surface area contributed by atoms with Crippen molar-refractivity contribution in [3.05, 3.63) is 29.8 Å². The summed E-state index contributed by atoms with van der Waals surface area (Å²) in [6.45, 7) is 0.355. The van der Waals surface area contributed by atoms with E-state index in [1.807, 2.05) is 13.1 Å². The van der Waals surface area contributed by atoms with Crippen LogP contribution in [0, 0.1) is 0 Å². The third-order valence-electron chi connectivity index (χ3n) is 2.59. The van der Waals surface area contributed by atoms with Crippen LogP contribution in [0.25, 0.3) is 0 Å². The first-order chi connectivity index (χ1) is 9.56. The molecule has 0 spiro atoms. The van der Waals surface area contributed by atoms with Crippen LogP contribution >= 0.6 is 0 Å². The lowest BCUT2D eigenvalue weighted by Gasteiger charge is -2.14. The topological polar surface area (TPSA) is 111 Å². The molecule has 2 amide bonds. The molecular formula is C13H19N3O4. The number of hydrogen-bond donors (Lipinski definition) is 5. The molecule has 0 bridgehead atoms. The molecule has 0 radical (unpaired) electrons. The van der Waals surface area contributed by atoms with Crippen LogP contribution in [0.3, 0.4) is 0 Å². The number of urea groups is 1. The van der Waals surface area contributed by atoms with Crippen molar-refractivity contribution in [3.63, 3.8) is 0 Å². The quantitative estimate of drug-likeness (QED) is 0.496. The summed E-state index contributed by atoms with van der Waals surface area (Å²) in [6.07, 6.45) is -0.0391. The highest BCUT2D eigenvalue weighted by atomic mass is 16.4.